The number of nitrogens with two attached hydrogens (primary N) is 1. The molecule has 2 heterocycles. The number of pyridine rings is 1. The van der Waals surface area contributed by atoms with E-state index in [4.69, 9.17) is 20.3 Å². The maximum atomic E-state index is 8.30. The van der Waals surface area contributed by atoms with E-state index in [1.807, 2.05) is 83.6 Å². The van der Waals surface area contributed by atoms with Crippen LogP contribution in [-0.2, 0) is 11.3 Å². The molecule has 0 aliphatic rings. The molecule has 4 aromatic rings. The van der Waals surface area contributed by atoms with E-state index in [2.05, 4.69) is 4.98 Å². The topological polar surface area (TPSA) is 80.8 Å². The average Bonchev–Trinajstić information content (AvgIpc) is 3.29. The van der Waals surface area contributed by atoms with Crippen LogP contribution in [0.25, 0.3) is 22.6 Å². The lowest BCUT2D eigenvalue weighted by atomic mass is 10.0. The van der Waals surface area contributed by atoms with E-state index in [1.165, 1.54) is 0 Å². The molecule has 3 N–H and O–H groups in total. The number of nitrogens with one attached hydrogen (secondary N) is 1. The second kappa shape index (κ2) is 9.36. The van der Waals surface area contributed by atoms with E-state index in [0.29, 0.717) is 12.2 Å². The minimum absolute atomic E-state index is 0.000215. The van der Waals surface area contributed by atoms with E-state index in [0.717, 1.165) is 33.5 Å². The Labute approximate surface area is 184 Å². The lowest BCUT2D eigenvalue weighted by Crippen LogP contribution is -2.40. The molecule has 0 amide bonds. The van der Waals surface area contributed by atoms with Gasteiger partial charge >= 0.3 is 5.90 Å². The first kappa shape index (κ1) is 20.5. The minimum Gasteiger partial charge on any atom is -0.487 e. The fraction of sp³-hybridized carbons (Fsp3) is 0.0800. The lowest BCUT2D eigenvalue weighted by Gasteiger charge is -2.11. The van der Waals surface area contributed by atoms with E-state index in [1.54, 1.807) is 18.3 Å². The van der Waals surface area contributed by atoms with Gasteiger partial charge in [0.05, 0.1) is 18.1 Å². The van der Waals surface area contributed by atoms with Crippen LogP contribution >= 0.6 is 11.3 Å². The molecule has 0 atom stereocenters. The number of hydrogen-bond acceptors (Lipinski definition) is 5. The fourth-order valence-corrected chi connectivity index (χ4v) is 3.71. The molecule has 0 aliphatic heterocycles. The predicted molar refractivity (Wildman–Crippen MR) is 126 cm³/mol. The summed E-state index contributed by atoms with van der Waals surface area (Å²) in [5, 5.41) is 19.1. The molecular formula is C25H22N3O2S+. The predicted octanol–water partition coefficient (Wildman–Crippen LogP) is 4.59. The molecule has 0 spiro atoms. The molecule has 5 nitrogen and oxygen atoms in total. The first-order valence-electron chi connectivity index (χ1n) is 9.76. The van der Waals surface area contributed by atoms with Gasteiger partial charge in [0.2, 0.25) is 5.90 Å². The molecule has 0 saturated heterocycles. The number of fused-ring (bicyclic) bond motifs is 1. The summed E-state index contributed by atoms with van der Waals surface area (Å²) < 4.78 is 11.3. The van der Waals surface area contributed by atoms with Gasteiger partial charge < -0.3 is 9.47 Å². The molecule has 0 saturated carbocycles. The Morgan fingerprint density at radius 2 is 1.87 bits per heavy atom. The number of thiophene rings is 1. The van der Waals surface area contributed by atoms with E-state index in [9.17, 15) is 0 Å². The van der Waals surface area contributed by atoms with Crippen LogP contribution in [0.2, 0.25) is 0 Å². The highest BCUT2D eigenvalue weighted by Gasteiger charge is 2.13. The Bertz CT molecular complexity index is 1250. The van der Waals surface area contributed by atoms with Crippen LogP contribution in [0.1, 0.15) is 23.7 Å². The van der Waals surface area contributed by atoms with Gasteiger partial charge in [0, 0.05) is 11.0 Å². The molecule has 0 bridgehead atoms. The highest BCUT2D eigenvalue weighted by molar-refractivity contribution is 7.08. The molecule has 0 fully saturated rings. The molecule has 2 aromatic heterocycles. The Morgan fingerprint density at radius 3 is 2.61 bits per heavy atom. The highest BCUT2D eigenvalue weighted by Crippen LogP contribution is 2.24. The molecule has 31 heavy (non-hydrogen) atoms. The molecule has 6 heteroatoms. The molecule has 0 unspecified atom stereocenters. The first-order chi connectivity index (χ1) is 15.1. The fourth-order valence-electron chi connectivity index (χ4n) is 3.10. The molecule has 0 aliphatic carbocycles. The van der Waals surface area contributed by atoms with Gasteiger partial charge in [0.1, 0.15) is 12.4 Å². The maximum absolute atomic E-state index is 8.30. The SMILES string of the molecule is CC(=[NH2+])OC(=N)/C(=C/c1ccsc1)c1ccc(OCc2ccc3ccccc3n2)cc1. The summed E-state index contributed by atoms with van der Waals surface area (Å²) in [4.78, 5) is 4.64. The number of rotatable bonds is 6. The van der Waals surface area contributed by atoms with Crippen molar-refractivity contribution in [2.45, 2.75) is 13.5 Å². The Morgan fingerprint density at radius 1 is 1.06 bits per heavy atom. The zero-order chi connectivity index (χ0) is 21.6. The summed E-state index contributed by atoms with van der Waals surface area (Å²) in [5.41, 5.74) is 4.31. The van der Waals surface area contributed by atoms with Crippen molar-refractivity contribution in [3.8, 4) is 5.75 Å². The van der Waals surface area contributed by atoms with Crippen LogP contribution in [0.4, 0.5) is 0 Å². The van der Waals surface area contributed by atoms with Gasteiger partial charge in [-0.05, 0) is 58.3 Å². The zero-order valence-corrected chi connectivity index (χ0v) is 17.9. The van der Waals surface area contributed by atoms with E-state index >= 15 is 0 Å². The zero-order valence-electron chi connectivity index (χ0n) is 17.0. The summed E-state index contributed by atoms with van der Waals surface area (Å²) in [7, 11) is 0. The van der Waals surface area contributed by atoms with Crippen LogP contribution in [0.15, 0.2) is 77.5 Å². The van der Waals surface area contributed by atoms with Gasteiger partial charge in [-0.2, -0.15) is 11.3 Å². The molecule has 0 radical (unpaired) electrons. The number of aromatic nitrogens is 1. The van der Waals surface area contributed by atoms with Crippen molar-refractivity contribution in [2.75, 3.05) is 0 Å². The van der Waals surface area contributed by atoms with Crippen molar-refractivity contribution >= 4 is 45.7 Å². The smallest absolute Gasteiger partial charge is 0.336 e. The Kier molecular flexibility index (Phi) is 6.19. The van der Waals surface area contributed by atoms with Crippen molar-refractivity contribution < 1.29 is 14.9 Å². The van der Waals surface area contributed by atoms with Gasteiger partial charge in [0.25, 0.3) is 0 Å². The van der Waals surface area contributed by atoms with Crippen molar-refractivity contribution in [1.29, 1.82) is 5.41 Å². The van der Waals surface area contributed by atoms with Gasteiger partial charge in [-0.15, -0.1) is 0 Å². The standard InChI is InChI=1S/C25H21N3O2S/c1-17(26)30-25(27)23(14-18-12-13-31-16-18)19-7-10-22(11-8-19)29-15-21-9-6-20-4-2-3-5-24(20)28-21/h2-14,16,26-27H,15H2,1H3/p+1/b23-14+,26-17?,27-25?. The van der Waals surface area contributed by atoms with Gasteiger partial charge in [0.15, 0.2) is 0 Å². The number of para-hydroxylation sites is 1. The van der Waals surface area contributed by atoms with Crippen LogP contribution in [0, 0.1) is 5.41 Å². The number of nitrogens with zero attached hydrogens (tertiary/aromatic N) is 1. The second-order valence-corrected chi connectivity index (χ2v) is 7.74. The quantitative estimate of drug-likeness (QED) is 0.348. The third kappa shape index (κ3) is 5.24. The number of hydrogen-bond donors (Lipinski definition) is 2. The molecule has 4 rings (SSSR count). The van der Waals surface area contributed by atoms with Gasteiger partial charge in [-0.25, -0.2) is 10.4 Å². The third-order valence-corrected chi connectivity index (χ3v) is 5.27. The lowest BCUT2D eigenvalue weighted by molar-refractivity contribution is -0.132. The average molecular weight is 429 g/mol. The third-order valence-electron chi connectivity index (χ3n) is 4.57. The second-order valence-electron chi connectivity index (χ2n) is 6.96. The molecular weight excluding hydrogens is 406 g/mol. The van der Waals surface area contributed by atoms with Crippen LogP contribution < -0.4 is 10.1 Å². The Hall–Kier alpha value is -3.77. The molecule has 154 valence electrons. The summed E-state index contributed by atoms with van der Waals surface area (Å²) in [5.74, 6) is 0.951. The summed E-state index contributed by atoms with van der Waals surface area (Å²) in [6, 6.07) is 21.6. The van der Waals surface area contributed by atoms with Gasteiger partial charge in [-0.3, -0.25) is 5.41 Å². The number of ether oxygens (including phenoxy) is 2. The summed E-state index contributed by atoms with van der Waals surface area (Å²) >= 11 is 1.60. The van der Waals surface area contributed by atoms with Crippen LogP contribution in [0.5, 0.6) is 5.75 Å². The van der Waals surface area contributed by atoms with Crippen molar-refractivity contribution in [2.24, 2.45) is 0 Å². The first-order valence-corrected chi connectivity index (χ1v) is 10.7. The largest absolute Gasteiger partial charge is 0.487 e. The summed E-state index contributed by atoms with van der Waals surface area (Å²) in [6.45, 7) is 2.00. The van der Waals surface area contributed by atoms with E-state index in [-0.39, 0.29) is 11.8 Å². The van der Waals surface area contributed by atoms with E-state index < -0.39 is 0 Å². The van der Waals surface area contributed by atoms with Crippen molar-refractivity contribution in [1.82, 2.24) is 4.98 Å². The monoisotopic (exact) mass is 428 g/mol. The molecule has 2 aromatic carbocycles. The minimum atomic E-state index is 0.000215. The normalized spacial score (nSPS) is 11.3. The van der Waals surface area contributed by atoms with Crippen molar-refractivity contribution in [3.05, 3.63) is 94.3 Å². The maximum Gasteiger partial charge on any atom is 0.336 e. The van der Waals surface area contributed by atoms with Crippen LogP contribution in [-0.4, -0.2) is 16.8 Å². The Balaban J connectivity index is 1.50. The summed E-state index contributed by atoms with van der Waals surface area (Å²) in [6.07, 6.45) is 1.91. The number of benzene rings is 2. The van der Waals surface area contributed by atoms with Gasteiger partial charge in [-0.1, -0.05) is 36.4 Å². The van der Waals surface area contributed by atoms with Crippen molar-refractivity contribution in [3.63, 3.8) is 0 Å². The highest BCUT2D eigenvalue weighted by atomic mass is 32.1. The van der Waals surface area contributed by atoms with Crippen LogP contribution in [0.3, 0.4) is 0 Å².